The van der Waals surface area contributed by atoms with Crippen molar-refractivity contribution in [3.05, 3.63) is 64.7 Å². The van der Waals surface area contributed by atoms with Crippen molar-refractivity contribution in [1.29, 1.82) is 5.26 Å². The zero-order valence-corrected chi connectivity index (χ0v) is 19.4. The molecule has 10 heteroatoms. The summed E-state index contributed by atoms with van der Waals surface area (Å²) in [4.78, 5) is 24.4. The van der Waals surface area contributed by atoms with E-state index in [0.29, 0.717) is 12.8 Å². The van der Waals surface area contributed by atoms with E-state index < -0.39 is 34.0 Å². The fraction of sp³-hybridized carbons (Fsp3) is 0.348. The van der Waals surface area contributed by atoms with Crippen LogP contribution in [0, 0.1) is 11.3 Å². The summed E-state index contributed by atoms with van der Waals surface area (Å²) in [5.74, 6) is -1.46. The Morgan fingerprint density at radius 3 is 2.45 bits per heavy atom. The van der Waals surface area contributed by atoms with Gasteiger partial charge < -0.3 is 10.1 Å². The lowest BCUT2D eigenvalue weighted by Crippen LogP contribution is -2.50. The maximum Gasteiger partial charge on any atom is 0.338 e. The van der Waals surface area contributed by atoms with Crippen LogP contribution in [0.25, 0.3) is 0 Å². The highest BCUT2D eigenvalue weighted by Crippen LogP contribution is 2.27. The number of sulfonamides is 1. The molecule has 174 valence electrons. The Hall–Kier alpha value is -2.93. The molecule has 1 fully saturated rings. The first kappa shape index (κ1) is 24.7. The summed E-state index contributed by atoms with van der Waals surface area (Å²) in [6.45, 7) is -0.534. The van der Waals surface area contributed by atoms with Crippen molar-refractivity contribution in [2.24, 2.45) is 0 Å². The quantitative estimate of drug-likeness (QED) is 0.548. The van der Waals surface area contributed by atoms with Crippen molar-refractivity contribution < 1.29 is 22.7 Å². The number of carbonyl (C=O) groups excluding carboxylic acids is 2. The molecule has 33 heavy (non-hydrogen) atoms. The second kappa shape index (κ2) is 10.8. The Labute approximate surface area is 197 Å². The summed E-state index contributed by atoms with van der Waals surface area (Å²) >= 11 is 6.07. The second-order valence-corrected chi connectivity index (χ2v) is 9.98. The van der Waals surface area contributed by atoms with Gasteiger partial charge in [0, 0.05) is 6.54 Å². The molecular formula is C23H24ClN3O5S. The number of nitrogens with zero attached hydrogens (tertiary/aromatic N) is 1. The molecule has 0 spiro atoms. The molecule has 0 atom stereocenters. The molecule has 0 radical (unpaired) electrons. The van der Waals surface area contributed by atoms with Crippen molar-refractivity contribution in [2.45, 2.75) is 49.1 Å². The highest BCUT2D eigenvalue weighted by atomic mass is 35.5. The van der Waals surface area contributed by atoms with Crippen LogP contribution in [-0.4, -0.2) is 32.4 Å². The van der Waals surface area contributed by atoms with Gasteiger partial charge in [0.2, 0.25) is 10.0 Å². The number of hydrogen-bond acceptors (Lipinski definition) is 6. The number of nitriles is 1. The van der Waals surface area contributed by atoms with Crippen molar-refractivity contribution in [3.8, 4) is 6.07 Å². The van der Waals surface area contributed by atoms with Crippen LogP contribution in [-0.2, 0) is 26.1 Å². The van der Waals surface area contributed by atoms with Gasteiger partial charge in [-0.2, -0.15) is 5.26 Å². The number of hydrogen-bond donors (Lipinski definition) is 2. The molecule has 1 aliphatic rings. The minimum absolute atomic E-state index is 0.0506. The van der Waals surface area contributed by atoms with E-state index >= 15 is 0 Å². The van der Waals surface area contributed by atoms with Crippen molar-refractivity contribution in [1.82, 2.24) is 10.0 Å². The van der Waals surface area contributed by atoms with Crippen LogP contribution in [0.15, 0.2) is 53.4 Å². The summed E-state index contributed by atoms with van der Waals surface area (Å²) in [7, 11) is -4.01. The van der Waals surface area contributed by atoms with Crippen LogP contribution >= 0.6 is 11.6 Å². The smallest absolute Gasteiger partial charge is 0.338 e. The van der Waals surface area contributed by atoms with Gasteiger partial charge in [0.05, 0.1) is 16.7 Å². The average Bonchev–Trinajstić information content (AvgIpc) is 2.82. The lowest BCUT2D eigenvalue weighted by molar-refractivity contribution is -0.125. The number of rotatable bonds is 8. The monoisotopic (exact) mass is 489 g/mol. The molecule has 8 nitrogen and oxygen atoms in total. The predicted octanol–water partition coefficient (Wildman–Crippen LogP) is 3.32. The first-order chi connectivity index (χ1) is 15.7. The average molecular weight is 490 g/mol. The Bertz CT molecular complexity index is 1160. The van der Waals surface area contributed by atoms with Gasteiger partial charge in [0.15, 0.2) is 6.61 Å². The van der Waals surface area contributed by atoms with Gasteiger partial charge in [-0.1, -0.05) is 61.2 Å². The molecule has 3 rings (SSSR count). The molecule has 0 unspecified atom stereocenters. The fourth-order valence-corrected chi connectivity index (χ4v) is 5.17. The van der Waals surface area contributed by atoms with Gasteiger partial charge in [0.25, 0.3) is 5.91 Å². The van der Waals surface area contributed by atoms with E-state index in [2.05, 4.69) is 16.1 Å². The normalized spacial score (nSPS) is 15.3. The number of ether oxygens (including phenoxy) is 1. The molecule has 2 N–H and O–H groups in total. The summed E-state index contributed by atoms with van der Waals surface area (Å²) in [5.41, 5.74) is -0.250. The van der Waals surface area contributed by atoms with Crippen LogP contribution in [0.4, 0.5) is 0 Å². The molecule has 0 aromatic heterocycles. The number of carbonyl (C=O) groups is 2. The van der Waals surface area contributed by atoms with E-state index in [1.165, 1.54) is 12.1 Å². The maximum absolute atomic E-state index is 12.7. The lowest BCUT2D eigenvalue weighted by Gasteiger charge is -2.31. The first-order valence-electron chi connectivity index (χ1n) is 10.5. The van der Waals surface area contributed by atoms with Gasteiger partial charge in [-0.25, -0.2) is 17.9 Å². The number of halogens is 1. The first-order valence-corrected chi connectivity index (χ1v) is 12.3. The van der Waals surface area contributed by atoms with E-state index in [0.717, 1.165) is 30.9 Å². The summed E-state index contributed by atoms with van der Waals surface area (Å²) < 4.78 is 32.9. The van der Waals surface area contributed by atoms with Gasteiger partial charge in [-0.05, 0) is 36.6 Å². The number of benzene rings is 2. The highest BCUT2D eigenvalue weighted by molar-refractivity contribution is 7.89. The minimum atomic E-state index is -4.01. The molecular weight excluding hydrogens is 466 g/mol. The summed E-state index contributed by atoms with van der Waals surface area (Å²) in [5, 5.41) is 12.1. The standard InChI is InChI=1S/C23H24ClN3O5S/c24-19-10-9-18(13-20(19)33(30,31)26-14-17-7-3-1-4-8-17)22(29)32-15-21(28)27-23(16-25)11-5-2-6-12-23/h1,3-4,7-10,13,26H,2,5-6,11-12,14-15H2,(H,27,28). The summed E-state index contributed by atoms with van der Waals surface area (Å²) in [6.07, 6.45) is 3.80. The van der Waals surface area contributed by atoms with Crippen LogP contribution < -0.4 is 10.0 Å². The van der Waals surface area contributed by atoms with E-state index in [1.807, 2.05) is 6.07 Å². The van der Waals surface area contributed by atoms with E-state index in [9.17, 15) is 23.3 Å². The number of esters is 1. The third-order valence-electron chi connectivity index (χ3n) is 5.40. The minimum Gasteiger partial charge on any atom is -0.452 e. The Balaban J connectivity index is 1.63. The number of amides is 1. The Morgan fingerprint density at radius 2 is 1.79 bits per heavy atom. The molecule has 1 saturated carbocycles. The largest absolute Gasteiger partial charge is 0.452 e. The van der Waals surface area contributed by atoms with Gasteiger partial charge >= 0.3 is 5.97 Å². The van der Waals surface area contributed by atoms with Crippen LogP contribution in [0.5, 0.6) is 0 Å². The van der Waals surface area contributed by atoms with Crippen LogP contribution in [0.3, 0.4) is 0 Å². The van der Waals surface area contributed by atoms with Crippen molar-refractivity contribution in [3.63, 3.8) is 0 Å². The topological polar surface area (TPSA) is 125 Å². The zero-order valence-electron chi connectivity index (χ0n) is 17.8. The van der Waals surface area contributed by atoms with Gasteiger partial charge in [-0.3, -0.25) is 4.79 Å². The van der Waals surface area contributed by atoms with Crippen LogP contribution in [0.1, 0.15) is 48.0 Å². The van der Waals surface area contributed by atoms with Gasteiger partial charge in [-0.15, -0.1) is 0 Å². The molecule has 0 saturated heterocycles. The van der Waals surface area contributed by atoms with Gasteiger partial charge in [0.1, 0.15) is 10.4 Å². The molecule has 0 aliphatic heterocycles. The van der Waals surface area contributed by atoms with Crippen molar-refractivity contribution >= 4 is 33.5 Å². The molecule has 2 aromatic carbocycles. The molecule has 2 aromatic rings. The fourth-order valence-electron chi connectivity index (χ4n) is 3.63. The Morgan fingerprint density at radius 1 is 1.09 bits per heavy atom. The zero-order chi connectivity index (χ0) is 23.9. The van der Waals surface area contributed by atoms with Crippen molar-refractivity contribution in [2.75, 3.05) is 6.61 Å². The second-order valence-electron chi connectivity index (χ2n) is 7.83. The molecule has 1 amide bonds. The SMILES string of the molecule is N#CC1(NC(=O)COC(=O)c2ccc(Cl)c(S(=O)(=O)NCc3ccccc3)c2)CCCCC1. The third-order valence-corrected chi connectivity index (χ3v) is 7.28. The highest BCUT2D eigenvalue weighted by Gasteiger charge is 2.33. The Kier molecular flexibility index (Phi) is 8.08. The summed E-state index contributed by atoms with van der Waals surface area (Å²) in [6, 6.07) is 14.8. The molecule has 0 heterocycles. The van der Waals surface area contributed by atoms with E-state index in [4.69, 9.17) is 16.3 Å². The third kappa shape index (κ3) is 6.54. The number of nitrogens with one attached hydrogen (secondary N) is 2. The molecule has 0 bridgehead atoms. The molecule has 1 aliphatic carbocycles. The van der Waals surface area contributed by atoms with E-state index in [-0.39, 0.29) is 22.0 Å². The lowest BCUT2D eigenvalue weighted by atomic mass is 9.83. The van der Waals surface area contributed by atoms with E-state index in [1.54, 1.807) is 24.3 Å². The maximum atomic E-state index is 12.7. The predicted molar refractivity (Wildman–Crippen MR) is 122 cm³/mol. The van der Waals surface area contributed by atoms with Crippen LogP contribution in [0.2, 0.25) is 5.02 Å².